The predicted molar refractivity (Wildman–Crippen MR) is 71.7 cm³/mol. The van der Waals surface area contributed by atoms with E-state index < -0.39 is 0 Å². The minimum atomic E-state index is -0.206. The fourth-order valence-electron chi connectivity index (χ4n) is 1.41. The second kappa shape index (κ2) is 5.60. The highest BCUT2D eigenvalue weighted by molar-refractivity contribution is 9.10. The van der Waals surface area contributed by atoms with E-state index in [9.17, 15) is 4.79 Å². The average molecular weight is 300 g/mol. The molecule has 0 aliphatic heterocycles. The van der Waals surface area contributed by atoms with E-state index in [1.807, 2.05) is 20.8 Å². The summed E-state index contributed by atoms with van der Waals surface area (Å²) in [5.41, 5.74) is 5.98. The summed E-state index contributed by atoms with van der Waals surface area (Å²) >= 11 is 3.30. The lowest BCUT2D eigenvalue weighted by molar-refractivity contribution is 0.0899. The summed E-state index contributed by atoms with van der Waals surface area (Å²) in [5.74, 6) is -0.206. The van der Waals surface area contributed by atoms with Gasteiger partial charge in [0.1, 0.15) is 5.69 Å². The van der Waals surface area contributed by atoms with E-state index in [4.69, 9.17) is 5.73 Å². The average Bonchev–Trinajstić information content (AvgIpc) is 2.24. The largest absolute Gasteiger partial charge is 0.346 e. The van der Waals surface area contributed by atoms with E-state index in [1.165, 1.54) is 0 Å². The zero-order chi connectivity index (χ0) is 13.1. The second-order valence-electron chi connectivity index (χ2n) is 4.96. The van der Waals surface area contributed by atoms with Crippen molar-refractivity contribution in [2.45, 2.75) is 26.8 Å². The zero-order valence-corrected chi connectivity index (χ0v) is 11.9. The number of hydrogen-bond acceptors (Lipinski definition) is 3. The lowest BCUT2D eigenvalue weighted by atomic mass is 9.86. The molecule has 0 aromatic carbocycles. The number of nitrogens with one attached hydrogen (secondary N) is 1. The molecule has 0 radical (unpaired) electrons. The number of amides is 1. The van der Waals surface area contributed by atoms with Gasteiger partial charge in [0.05, 0.1) is 0 Å². The maximum absolute atomic E-state index is 12.0. The zero-order valence-electron chi connectivity index (χ0n) is 10.3. The fourth-order valence-corrected chi connectivity index (χ4v) is 1.84. The summed E-state index contributed by atoms with van der Waals surface area (Å²) in [5, 5.41) is 2.91. The summed E-state index contributed by atoms with van der Waals surface area (Å²) in [6.45, 7) is 6.52. The number of hydrogen-bond donors (Lipinski definition) is 2. The van der Waals surface area contributed by atoms with Gasteiger partial charge in [-0.2, -0.15) is 0 Å². The highest BCUT2D eigenvalue weighted by atomic mass is 79.9. The molecule has 1 rings (SSSR count). The third kappa shape index (κ3) is 3.78. The number of halogens is 1. The molecular formula is C12H18BrN3O. The molecule has 4 nitrogen and oxygen atoms in total. The van der Waals surface area contributed by atoms with Crippen LogP contribution in [-0.4, -0.2) is 23.5 Å². The molecule has 1 aromatic rings. The van der Waals surface area contributed by atoms with Crippen molar-refractivity contribution in [3.05, 3.63) is 28.5 Å². The summed E-state index contributed by atoms with van der Waals surface area (Å²) in [6, 6.07) is 3.48. The van der Waals surface area contributed by atoms with Gasteiger partial charge in [0, 0.05) is 23.3 Å². The van der Waals surface area contributed by atoms with Crippen LogP contribution in [0.2, 0.25) is 0 Å². The van der Waals surface area contributed by atoms with E-state index in [0.717, 1.165) is 0 Å². The van der Waals surface area contributed by atoms with Crippen LogP contribution in [0.5, 0.6) is 0 Å². The van der Waals surface area contributed by atoms with E-state index in [1.54, 1.807) is 18.3 Å². The summed E-state index contributed by atoms with van der Waals surface area (Å²) in [7, 11) is 0. The lowest BCUT2D eigenvalue weighted by Gasteiger charge is -2.30. The molecular weight excluding hydrogens is 282 g/mol. The summed E-state index contributed by atoms with van der Waals surface area (Å²) < 4.78 is 0.683. The van der Waals surface area contributed by atoms with Crippen molar-refractivity contribution in [3.63, 3.8) is 0 Å². The molecule has 0 saturated heterocycles. The van der Waals surface area contributed by atoms with Gasteiger partial charge in [0.25, 0.3) is 5.91 Å². The SMILES string of the molecule is CC(C)(C)C(CN)NC(=O)c1ncccc1Br. The van der Waals surface area contributed by atoms with Gasteiger partial charge in [-0.15, -0.1) is 0 Å². The molecule has 1 unspecified atom stereocenters. The molecule has 1 heterocycles. The van der Waals surface area contributed by atoms with Crippen LogP contribution in [0, 0.1) is 5.41 Å². The van der Waals surface area contributed by atoms with Crippen LogP contribution in [0.25, 0.3) is 0 Å². The molecule has 0 fully saturated rings. The van der Waals surface area contributed by atoms with Crippen molar-refractivity contribution < 1.29 is 4.79 Å². The van der Waals surface area contributed by atoms with Gasteiger partial charge in [-0.3, -0.25) is 4.79 Å². The van der Waals surface area contributed by atoms with Gasteiger partial charge in [0.15, 0.2) is 0 Å². The molecule has 3 N–H and O–H groups in total. The van der Waals surface area contributed by atoms with Crippen molar-refractivity contribution in [2.24, 2.45) is 11.1 Å². The summed E-state index contributed by atoms with van der Waals surface area (Å²) in [4.78, 5) is 16.1. The highest BCUT2D eigenvalue weighted by Crippen LogP contribution is 2.19. The molecule has 0 aliphatic rings. The molecule has 1 aromatic heterocycles. The topological polar surface area (TPSA) is 68.0 Å². The van der Waals surface area contributed by atoms with Crippen LogP contribution in [-0.2, 0) is 0 Å². The number of nitrogens with zero attached hydrogens (tertiary/aromatic N) is 1. The Bertz CT molecular complexity index is 401. The molecule has 0 spiro atoms. The van der Waals surface area contributed by atoms with Crippen molar-refractivity contribution >= 4 is 21.8 Å². The first kappa shape index (κ1) is 14.1. The molecule has 17 heavy (non-hydrogen) atoms. The second-order valence-corrected chi connectivity index (χ2v) is 5.82. The Labute approximate surface area is 110 Å². The number of nitrogens with two attached hydrogens (primary N) is 1. The summed E-state index contributed by atoms with van der Waals surface area (Å²) in [6.07, 6.45) is 1.59. The van der Waals surface area contributed by atoms with E-state index in [2.05, 4.69) is 26.2 Å². The van der Waals surface area contributed by atoms with Crippen molar-refractivity contribution in [1.82, 2.24) is 10.3 Å². The van der Waals surface area contributed by atoms with Gasteiger partial charge in [0.2, 0.25) is 0 Å². The van der Waals surface area contributed by atoms with Crippen molar-refractivity contribution in [2.75, 3.05) is 6.54 Å². The Hall–Kier alpha value is -0.940. The van der Waals surface area contributed by atoms with E-state index >= 15 is 0 Å². The molecule has 1 amide bonds. The standard InChI is InChI=1S/C12H18BrN3O/c1-12(2,3)9(7-14)16-11(17)10-8(13)5-4-6-15-10/h4-6,9H,7,14H2,1-3H3,(H,16,17). The van der Waals surface area contributed by atoms with Gasteiger partial charge < -0.3 is 11.1 Å². The van der Waals surface area contributed by atoms with Gasteiger partial charge in [-0.05, 0) is 33.5 Å². The Balaban J connectivity index is 2.83. The molecule has 1 atom stereocenters. The minimum absolute atomic E-state index is 0.0777. The first-order valence-electron chi connectivity index (χ1n) is 5.47. The number of carbonyl (C=O) groups excluding carboxylic acids is 1. The van der Waals surface area contributed by atoms with Crippen LogP contribution in [0.4, 0.5) is 0 Å². The van der Waals surface area contributed by atoms with Gasteiger partial charge >= 0.3 is 0 Å². The first-order valence-corrected chi connectivity index (χ1v) is 6.27. The fraction of sp³-hybridized carbons (Fsp3) is 0.500. The van der Waals surface area contributed by atoms with Crippen LogP contribution in [0.3, 0.4) is 0 Å². The highest BCUT2D eigenvalue weighted by Gasteiger charge is 2.26. The van der Waals surface area contributed by atoms with Crippen LogP contribution < -0.4 is 11.1 Å². The van der Waals surface area contributed by atoms with Crippen molar-refractivity contribution in [1.29, 1.82) is 0 Å². The van der Waals surface area contributed by atoms with Gasteiger partial charge in [-0.1, -0.05) is 20.8 Å². The monoisotopic (exact) mass is 299 g/mol. The Kier molecular flexibility index (Phi) is 4.65. The molecule has 5 heteroatoms. The van der Waals surface area contributed by atoms with E-state index in [-0.39, 0.29) is 17.4 Å². The number of pyridine rings is 1. The Morgan fingerprint density at radius 1 is 1.59 bits per heavy atom. The first-order chi connectivity index (χ1) is 7.86. The lowest BCUT2D eigenvalue weighted by Crippen LogP contribution is -2.48. The minimum Gasteiger partial charge on any atom is -0.346 e. The molecule has 0 aliphatic carbocycles. The molecule has 0 bridgehead atoms. The predicted octanol–water partition coefficient (Wildman–Crippen LogP) is 1.95. The number of aromatic nitrogens is 1. The van der Waals surface area contributed by atoms with Crippen LogP contribution in [0.15, 0.2) is 22.8 Å². The smallest absolute Gasteiger partial charge is 0.271 e. The number of carbonyl (C=O) groups is 1. The maximum atomic E-state index is 12.0. The normalized spacial score (nSPS) is 13.2. The van der Waals surface area contributed by atoms with Crippen LogP contribution >= 0.6 is 15.9 Å². The Morgan fingerprint density at radius 3 is 2.71 bits per heavy atom. The van der Waals surface area contributed by atoms with Gasteiger partial charge in [-0.25, -0.2) is 4.98 Å². The Morgan fingerprint density at radius 2 is 2.24 bits per heavy atom. The third-order valence-electron chi connectivity index (χ3n) is 2.56. The quantitative estimate of drug-likeness (QED) is 0.896. The number of rotatable bonds is 3. The van der Waals surface area contributed by atoms with Crippen LogP contribution in [0.1, 0.15) is 31.3 Å². The van der Waals surface area contributed by atoms with E-state index in [0.29, 0.717) is 16.7 Å². The third-order valence-corrected chi connectivity index (χ3v) is 3.20. The molecule has 94 valence electrons. The van der Waals surface area contributed by atoms with Crippen molar-refractivity contribution in [3.8, 4) is 0 Å². The molecule has 0 saturated carbocycles. The maximum Gasteiger partial charge on any atom is 0.271 e.